The lowest BCUT2D eigenvalue weighted by atomic mass is 9.85. The lowest BCUT2D eigenvalue weighted by molar-refractivity contribution is -0.183. The van der Waals surface area contributed by atoms with E-state index in [2.05, 4.69) is 5.32 Å². The molecule has 0 saturated heterocycles. The first kappa shape index (κ1) is 16.1. The minimum absolute atomic E-state index is 0.126. The van der Waals surface area contributed by atoms with Crippen molar-refractivity contribution in [1.82, 2.24) is 5.32 Å². The molecule has 1 fully saturated rings. The Hall–Kier alpha value is 0.0600. The van der Waals surface area contributed by atoms with Crippen molar-refractivity contribution in [2.24, 2.45) is 5.92 Å². The monoisotopic (exact) mass is 285 g/mol. The number of nitrogens with one attached hydrogen (secondary N) is 1. The fourth-order valence-corrected chi connectivity index (χ4v) is 3.12. The van der Waals surface area contributed by atoms with Crippen molar-refractivity contribution in [3.63, 3.8) is 0 Å². The molecule has 0 aromatic rings. The van der Waals surface area contributed by atoms with E-state index in [0.717, 1.165) is 6.42 Å². The summed E-state index contributed by atoms with van der Waals surface area (Å²) in [6.45, 7) is 2.06. The molecule has 0 aliphatic heterocycles. The quantitative estimate of drug-likeness (QED) is 0.814. The predicted molar refractivity (Wildman–Crippen MR) is 68.8 cm³/mol. The second kappa shape index (κ2) is 6.48. The Bertz CT molecular complexity index is 258. The van der Waals surface area contributed by atoms with Crippen molar-refractivity contribution in [3.8, 4) is 0 Å². The van der Waals surface area contributed by atoms with Crippen molar-refractivity contribution >= 4 is 11.8 Å². The third-order valence-corrected chi connectivity index (χ3v) is 4.27. The third-order valence-electron chi connectivity index (χ3n) is 3.36. The van der Waals surface area contributed by atoms with Crippen molar-refractivity contribution in [3.05, 3.63) is 0 Å². The summed E-state index contributed by atoms with van der Waals surface area (Å²) in [5.41, 5.74) is -0.857. The number of aliphatic hydroxyl groups is 1. The average molecular weight is 285 g/mol. The fourth-order valence-electron chi connectivity index (χ4n) is 2.40. The predicted octanol–water partition coefficient (Wildman–Crippen LogP) is 2.81. The van der Waals surface area contributed by atoms with Crippen LogP contribution >= 0.6 is 11.8 Å². The molecule has 1 saturated carbocycles. The zero-order valence-corrected chi connectivity index (χ0v) is 11.7. The molecule has 0 heterocycles. The van der Waals surface area contributed by atoms with Crippen LogP contribution in [0.25, 0.3) is 0 Å². The van der Waals surface area contributed by atoms with Gasteiger partial charge in [0, 0.05) is 18.3 Å². The van der Waals surface area contributed by atoms with Gasteiger partial charge in [-0.05, 0) is 32.4 Å². The largest absolute Gasteiger partial charge is 0.391 e. The van der Waals surface area contributed by atoms with Crippen molar-refractivity contribution in [1.29, 1.82) is 0 Å². The van der Waals surface area contributed by atoms with E-state index in [1.54, 1.807) is 6.92 Å². The van der Waals surface area contributed by atoms with Crippen LogP contribution in [-0.4, -0.2) is 41.5 Å². The van der Waals surface area contributed by atoms with E-state index in [1.165, 1.54) is 11.8 Å². The molecular weight excluding hydrogens is 263 g/mol. The summed E-state index contributed by atoms with van der Waals surface area (Å²) in [6, 6.07) is -0.126. The van der Waals surface area contributed by atoms with Crippen LogP contribution in [0.1, 0.15) is 32.6 Å². The summed E-state index contributed by atoms with van der Waals surface area (Å²) in [6.07, 6.45) is -0.437. The first-order valence-electron chi connectivity index (χ1n) is 6.26. The van der Waals surface area contributed by atoms with Gasteiger partial charge in [0.25, 0.3) is 0 Å². The van der Waals surface area contributed by atoms with Gasteiger partial charge in [0.05, 0.1) is 11.5 Å². The van der Waals surface area contributed by atoms with Gasteiger partial charge in [0.1, 0.15) is 0 Å². The van der Waals surface area contributed by atoms with E-state index in [0.29, 0.717) is 18.7 Å². The maximum atomic E-state index is 12.6. The van der Waals surface area contributed by atoms with E-state index in [1.807, 2.05) is 6.26 Å². The first-order chi connectivity index (χ1) is 8.24. The van der Waals surface area contributed by atoms with Crippen LogP contribution < -0.4 is 5.32 Å². The molecule has 1 rings (SSSR count). The van der Waals surface area contributed by atoms with E-state index in [-0.39, 0.29) is 18.9 Å². The van der Waals surface area contributed by atoms with E-state index in [9.17, 15) is 18.3 Å². The Morgan fingerprint density at radius 1 is 1.33 bits per heavy atom. The number of thioether (sulfide) groups is 1. The number of rotatable bonds is 5. The van der Waals surface area contributed by atoms with Gasteiger partial charge < -0.3 is 10.4 Å². The molecule has 3 atom stereocenters. The Morgan fingerprint density at radius 3 is 2.56 bits per heavy atom. The molecule has 6 heteroatoms. The molecule has 0 spiro atoms. The first-order valence-corrected chi connectivity index (χ1v) is 7.65. The lowest BCUT2D eigenvalue weighted by Gasteiger charge is -2.33. The van der Waals surface area contributed by atoms with Gasteiger partial charge in [0.15, 0.2) is 0 Å². The number of hydrogen-bond acceptors (Lipinski definition) is 3. The Labute approximate surface area is 111 Å². The summed E-state index contributed by atoms with van der Waals surface area (Å²) in [7, 11) is 0. The van der Waals surface area contributed by atoms with Gasteiger partial charge in [-0.15, -0.1) is 0 Å². The van der Waals surface area contributed by atoms with Gasteiger partial charge in [0.2, 0.25) is 0 Å². The smallest absolute Gasteiger partial charge is 0.388 e. The normalized spacial score (nSPS) is 29.0. The maximum absolute atomic E-state index is 12.6. The minimum Gasteiger partial charge on any atom is -0.388 e. The summed E-state index contributed by atoms with van der Waals surface area (Å²) in [5, 5.41) is 13.1. The molecule has 108 valence electrons. The number of halogens is 3. The molecule has 0 radical (unpaired) electrons. The van der Waals surface area contributed by atoms with Crippen molar-refractivity contribution < 1.29 is 18.3 Å². The summed E-state index contributed by atoms with van der Waals surface area (Å²) in [5.74, 6) is -0.607. The van der Waals surface area contributed by atoms with Crippen LogP contribution in [0.4, 0.5) is 13.2 Å². The fraction of sp³-hybridized carbons (Fsp3) is 1.00. The molecule has 1 aliphatic carbocycles. The highest BCUT2D eigenvalue weighted by atomic mass is 32.2. The third kappa shape index (κ3) is 5.36. The van der Waals surface area contributed by atoms with Crippen LogP contribution in [0.2, 0.25) is 0 Å². The zero-order chi connectivity index (χ0) is 13.8. The SMILES string of the molecule is CSC[C@](C)(O)CN[C@@H]1CCC[C@H](C(F)(F)F)C1. The molecule has 18 heavy (non-hydrogen) atoms. The van der Waals surface area contributed by atoms with E-state index in [4.69, 9.17) is 0 Å². The average Bonchev–Trinajstić information content (AvgIpc) is 2.26. The molecule has 0 aromatic heterocycles. The maximum Gasteiger partial charge on any atom is 0.391 e. The van der Waals surface area contributed by atoms with Gasteiger partial charge in [-0.2, -0.15) is 24.9 Å². The lowest BCUT2D eigenvalue weighted by Crippen LogP contribution is -2.46. The molecular formula is C12H22F3NOS. The molecule has 0 amide bonds. The molecule has 1 aliphatic rings. The van der Waals surface area contributed by atoms with Crippen LogP contribution in [0.15, 0.2) is 0 Å². The van der Waals surface area contributed by atoms with Crippen LogP contribution in [0, 0.1) is 5.92 Å². The highest BCUT2D eigenvalue weighted by Gasteiger charge is 2.42. The molecule has 0 unspecified atom stereocenters. The summed E-state index contributed by atoms with van der Waals surface area (Å²) >= 11 is 1.53. The topological polar surface area (TPSA) is 32.3 Å². The minimum atomic E-state index is -4.08. The van der Waals surface area contributed by atoms with E-state index >= 15 is 0 Å². The van der Waals surface area contributed by atoms with Gasteiger partial charge in [-0.25, -0.2) is 0 Å². The van der Waals surface area contributed by atoms with Gasteiger partial charge in [-0.1, -0.05) is 6.42 Å². The molecule has 2 nitrogen and oxygen atoms in total. The second-order valence-electron chi connectivity index (χ2n) is 5.41. The van der Waals surface area contributed by atoms with Gasteiger partial charge >= 0.3 is 6.18 Å². The highest BCUT2D eigenvalue weighted by molar-refractivity contribution is 7.98. The molecule has 2 N–H and O–H groups in total. The second-order valence-corrected chi connectivity index (χ2v) is 6.28. The Kier molecular flexibility index (Phi) is 5.80. The Balaban J connectivity index is 2.39. The van der Waals surface area contributed by atoms with Crippen LogP contribution in [-0.2, 0) is 0 Å². The molecule has 0 aromatic carbocycles. The molecule has 0 bridgehead atoms. The number of hydrogen-bond donors (Lipinski definition) is 2. The zero-order valence-electron chi connectivity index (χ0n) is 10.9. The van der Waals surface area contributed by atoms with Crippen molar-refractivity contribution in [2.75, 3.05) is 18.6 Å². The summed E-state index contributed by atoms with van der Waals surface area (Å²) < 4.78 is 37.9. The number of alkyl halides is 3. The standard InChI is InChI=1S/C12H22F3NOS/c1-11(17,8-18-2)7-16-10-5-3-4-9(6-10)12(13,14)15/h9-10,16-17H,3-8H2,1-2H3/t9-,10+,11+/m0/s1. The Morgan fingerprint density at radius 2 is 2.00 bits per heavy atom. The van der Waals surface area contributed by atoms with Crippen LogP contribution in [0.3, 0.4) is 0 Å². The van der Waals surface area contributed by atoms with Crippen LogP contribution in [0.5, 0.6) is 0 Å². The van der Waals surface area contributed by atoms with Crippen molar-refractivity contribution in [2.45, 2.75) is 50.4 Å². The van der Waals surface area contributed by atoms with Gasteiger partial charge in [-0.3, -0.25) is 0 Å². The van der Waals surface area contributed by atoms with E-state index < -0.39 is 17.7 Å². The highest BCUT2D eigenvalue weighted by Crippen LogP contribution is 2.37. The summed E-state index contributed by atoms with van der Waals surface area (Å²) in [4.78, 5) is 0.